The third-order valence-corrected chi connectivity index (χ3v) is 8.68. The quantitative estimate of drug-likeness (QED) is 0.214. The normalized spacial score (nSPS) is 17.5. The smallest absolute Gasteiger partial charge is 0.264 e. The molecule has 0 aliphatic carbocycles. The van der Waals surface area contributed by atoms with Gasteiger partial charge in [-0.3, -0.25) is 9.69 Å². The Hall–Kier alpha value is -4.86. The van der Waals surface area contributed by atoms with Crippen molar-refractivity contribution in [2.24, 2.45) is 0 Å². The number of rotatable bonds is 9. The second-order valence-electron chi connectivity index (χ2n) is 12.0. The molecule has 2 fully saturated rings. The number of halogens is 1. The number of ether oxygens (including phenoxy) is 2. The minimum absolute atomic E-state index is 0.0939. The molecule has 0 bridgehead atoms. The van der Waals surface area contributed by atoms with Crippen molar-refractivity contribution >= 4 is 22.8 Å². The number of anilines is 1. The number of carbonyl (C=O) groups is 1. The highest BCUT2D eigenvalue weighted by Gasteiger charge is 2.36. The number of likely N-dealkylation sites (N-methyl/N-ethyl adjacent to an activating group) is 1. The Balaban J connectivity index is 1.28. The average Bonchev–Trinajstić information content (AvgIpc) is 3.61. The first-order chi connectivity index (χ1) is 21.7. The van der Waals surface area contributed by atoms with Crippen molar-refractivity contribution in [2.75, 3.05) is 32.5 Å². The van der Waals surface area contributed by atoms with E-state index in [0.717, 1.165) is 6.42 Å². The van der Waals surface area contributed by atoms with Gasteiger partial charge in [0.2, 0.25) is 0 Å². The summed E-state index contributed by atoms with van der Waals surface area (Å²) in [5.74, 6) is 0.235. The highest BCUT2D eigenvalue weighted by Crippen LogP contribution is 2.35. The van der Waals surface area contributed by atoms with Crippen LogP contribution in [0.2, 0.25) is 0 Å². The zero-order valence-electron chi connectivity index (χ0n) is 25.5. The van der Waals surface area contributed by atoms with E-state index in [1.54, 1.807) is 39.9 Å². The van der Waals surface area contributed by atoms with Crippen LogP contribution >= 0.6 is 0 Å². The van der Waals surface area contributed by atoms with Crippen molar-refractivity contribution in [2.45, 2.75) is 50.9 Å². The first-order valence-electron chi connectivity index (χ1n) is 14.9. The predicted octanol–water partition coefficient (Wildman–Crippen LogP) is 4.56. The van der Waals surface area contributed by atoms with E-state index in [0.29, 0.717) is 54.4 Å². The van der Waals surface area contributed by atoms with Gasteiger partial charge in [-0.1, -0.05) is 18.2 Å². The monoisotopic (exact) mass is 610 g/mol. The molecule has 1 atom stereocenters. The van der Waals surface area contributed by atoms with E-state index < -0.39 is 11.4 Å². The van der Waals surface area contributed by atoms with E-state index in [1.807, 2.05) is 39.1 Å². The summed E-state index contributed by atoms with van der Waals surface area (Å²) in [6, 6.07) is 15.8. The molecule has 1 amide bonds. The van der Waals surface area contributed by atoms with Crippen LogP contribution in [0.15, 0.2) is 66.5 Å². The van der Waals surface area contributed by atoms with Crippen LogP contribution in [0, 0.1) is 17.1 Å². The second kappa shape index (κ2) is 12.3. The number of nitrogens with two attached hydrogens (primary N) is 1. The molecule has 2 aromatic heterocycles. The minimum atomic E-state index is -0.541. The van der Waals surface area contributed by atoms with Gasteiger partial charge in [-0.25, -0.2) is 19.0 Å². The van der Waals surface area contributed by atoms with Gasteiger partial charge in [0.1, 0.15) is 46.8 Å². The van der Waals surface area contributed by atoms with E-state index in [1.165, 1.54) is 12.4 Å². The van der Waals surface area contributed by atoms with E-state index in [2.05, 4.69) is 20.9 Å². The minimum Gasteiger partial charge on any atom is -0.457 e. The van der Waals surface area contributed by atoms with Crippen molar-refractivity contribution in [1.82, 2.24) is 29.5 Å². The fourth-order valence-corrected chi connectivity index (χ4v) is 5.88. The molecule has 12 heteroatoms. The standard InChI is InChI=1S/C33H35FN8O3/c1-33(2,40(3)23-18-44-19-23)15-21(16-35)32(43)41-13-7-8-22(41)17-42-31-28(30(36)37-20-38-31)29(39-42)26-12-11-25(14-27(26)34)45-24-9-5-4-6-10-24/h4-6,9-12,14-15,20,22-23H,7-8,13,17-19H2,1-3H3,(H2,36,37,38)/b21-15+/t22-/m0/s1. The summed E-state index contributed by atoms with van der Waals surface area (Å²) in [6.45, 7) is 6.02. The van der Waals surface area contributed by atoms with Gasteiger partial charge in [0, 0.05) is 23.7 Å². The molecule has 0 radical (unpaired) electrons. The number of likely N-dealkylation sites (tertiary alicyclic amines) is 1. The number of nitrogens with zero attached hydrogens (tertiary/aromatic N) is 7. The molecule has 2 aliphatic heterocycles. The van der Waals surface area contributed by atoms with Gasteiger partial charge < -0.3 is 20.1 Å². The highest BCUT2D eigenvalue weighted by molar-refractivity contribution is 5.99. The maximum Gasteiger partial charge on any atom is 0.264 e. The molecule has 4 heterocycles. The molecule has 2 N–H and O–H groups in total. The topological polar surface area (TPSA) is 135 Å². The van der Waals surface area contributed by atoms with Crippen LogP contribution < -0.4 is 10.5 Å². The Bertz CT molecular complexity index is 1790. The number of aromatic nitrogens is 4. The second-order valence-corrected chi connectivity index (χ2v) is 12.0. The molecule has 2 aromatic carbocycles. The van der Waals surface area contributed by atoms with E-state index in [9.17, 15) is 10.1 Å². The lowest BCUT2D eigenvalue weighted by Crippen LogP contribution is -2.55. The molecule has 2 aliphatic rings. The van der Waals surface area contributed by atoms with Crippen molar-refractivity contribution < 1.29 is 18.7 Å². The van der Waals surface area contributed by atoms with Gasteiger partial charge in [-0.2, -0.15) is 10.4 Å². The fraction of sp³-hybridized carbons (Fsp3) is 0.364. The maximum atomic E-state index is 15.6. The number of carbonyl (C=O) groups excluding carboxylic acids is 1. The zero-order chi connectivity index (χ0) is 31.7. The number of hydrogen-bond donors (Lipinski definition) is 1. The lowest BCUT2D eigenvalue weighted by molar-refractivity contribution is -0.127. The van der Waals surface area contributed by atoms with Crippen LogP contribution in [0.4, 0.5) is 10.2 Å². The summed E-state index contributed by atoms with van der Waals surface area (Å²) < 4.78 is 28.3. The highest BCUT2D eigenvalue weighted by atomic mass is 19.1. The summed E-state index contributed by atoms with van der Waals surface area (Å²) in [5.41, 5.74) is 6.79. The molecule has 45 heavy (non-hydrogen) atoms. The van der Waals surface area contributed by atoms with Gasteiger partial charge in [0.15, 0.2) is 5.65 Å². The van der Waals surface area contributed by atoms with Crippen LogP contribution in [0.25, 0.3) is 22.3 Å². The van der Waals surface area contributed by atoms with Crippen molar-refractivity contribution in [3.8, 4) is 28.8 Å². The molecule has 4 aromatic rings. The molecule has 6 rings (SSSR count). The zero-order valence-corrected chi connectivity index (χ0v) is 25.5. The van der Waals surface area contributed by atoms with Crippen LogP contribution in [0.3, 0.4) is 0 Å². The van der Waals surface area contributed by atoms with Gasteiger partial charge in [0.25, 0.3) is 5.91 Å². The summed E-state index contributed by atoms with van der Waals surface area (Å²) in [6.07, 6.45) is 4.57. The third kappa shape index (κ3) is 5.96. The van der Waals surface area contributed by atoms with Crippen LogP contribution in [-0.2, 0) is 16.1 Å². The largest absolute Gasteiger partial charge is 0.457 e. The Kier molecular flexibility index (Phi) is 8.22. The average molecular weight is 611 g/mol. The number of nitrogen functional groups attached to an aromatic ring is 1. The van der Waals surface area contributed by atoms with Gasteiger partial charge in [-0.15, -0.1) is 0 Å². The SMILES string of the molecule is CN(C1COC1)C(C)(C)/C=C(\C#N)C(=O)N1CCC[C@H]1Cn1nc(-c2ccc(Oc3ccccc3)cc2F)c2c(N)ncnc21. The molecule has 232 valence electrons. The van der Waals surface area contributed by atoms with Gasteiger partial charge in [0.05, 0.1) is 37.2 Å². The number of fused-ring (bicyclic) bond motifs is 1. The summed E-state index contributed by atoms with van der Waals surface area (Å²) >= 11 is 0. The summed E-state index contributed by atoms with van der Waals surface area (Å²) in [5, 5.41) is 15.2. The molecular weight excluding hydrogens is 575 g/mol. The fourth-order valence-electron chi connectivity index (χ4n) is 5.88. The first kappa shape index (κ1) is 30.2. The van der Waals surface area contributed by atoms with Crippen LogP contribution in [0.5, 0.6) is 11.5 Å². The van der Waals surface area contributed by atoms with Crippen molar-refractivity contribution in [3.63, 3.8) is 0 Å². The summed E-state index contributed by atoms with van der Waals surface area (Å²) in [4.78, 5) is 26.2. The number of amides is 1. The third-order valence-electron chi connectivity index (χ3n) is 8.68. The Morgan fingerprint density at radius 3 is 2.69 bits per heavy atom. The van der Waals surface area contributed by atoms with Crippen molar-refractivity contribution in [1.29, 1.82) is 5.26 Å². The summed E-state index contributed by atoms with van der Waals surface area (Å²) in [7, 11) is 1.97. The van der Waals surface area contributed by atoms with Crippen molar-refractivity contribution in [3.05, 3.63) is 72.3 Å². The number of benzene rings is 2. The molecule has 2 saturated heterocycles. The maximum absolute atomic E-state index is 15.6. The van der Waals surface area contributed by atoms with Crippen LogP contribution in [-0.4, -0.2) is 79.9 Å². The van der Waals surface area contributed by atoms with Gasteiger partial charge >= 0.3 is 0 Å². The Morgan fingerprint density at radius 1 is 1.22 bits per heavy atom. The first-order valence-corrected chi connectivity index (χ1v) is 14.9. The van der Waals surface area contributed by atoms with Gasteiger partial charge in [-0.05, 0) is 64.1 Å². The lowest BCUT2D eigenvalue weighted by atomic mass is 9.96. The van der Waals surface area contributed by atoms with Crippen LogP contribution in [0.1, 0.15) is 26.7 Å². The van der Waals surface area contributed by atoms with E-state index >= 15 is 4.39 Å². The van der Waals surface area contributed by atoms with E-state index in [4.69, 9.17) is 20.3 Å². The number of para-hydroxylation sites is 1. The molecule has 0 spiro atoms. The molecule has 11 nitrogen and oxygen atoms in total. The molecule has 0 unspecified atom stereocenters. The number of nitriles is 1. The Morgan fingerprint density at radius 2 is 2.00 bits per heavy atom. The predicted molar refractivity (Wildman–Crippen MR) is 167 cm³/mol. The lowest BCUT2D eigenvalue weighted by Gasteiger charge is -2.43. The molecule has 0 saturated carbocycles. The van der Waals surface area contributed by atoms with E-state index in [-0.39, 0.29) is 41.5 Å². The molecular formula is C33H35FN8O3. The Labute approximate surface area is 260 Å². The number of hydrogen-bond acceptors (Lipinski definition) is 9.